The fourth-order valence-electron chi connectivity index (χ4n) is 2.63. The summed E-state index contributed by atoms with van der Waals surface area (Å²) < 4.78 is 5.66. The van der Waals surface area contributed by atoms with E-state index in [0.29, 0.717) is 5.41 Å². The monoisotopic (exact) mass is 262 g/mol. The van der Waals surface area contributed by atoms with Crippen molar-refractivity contribution >= 4 is 0 Å². The topological polar surface area (TPSA) is 38.5 Å². The summed E-state index contributed by atoms with van der Waals surface area (Å²) in [4.78, 5) is 2.49. The van der Waals surface area contributed by atoms with Crippen LogP contribution in [0.3, 0.4) is 0 Å². The van der Waals surface area contributed by atoms with Crippen LogP contribution in [0.5, 0.6) is 5.75 Å². The molecule has 19 heavy (non-hydrogen) atoms. The lowest BCUT2D eigenvalue weighted by Crippen LogP contribution is -2.31. The van der Waals surface area contributed by atoms with E-state index in [9.17, 15) is 0 Å². The summed E-state index contributed by atoms with van der Waals surface area (Å²) in [5, 5.41) is 0. The van der Waals surface area contributed by atoms with E-state index in [4.69, 9.17) is 10.5 Å². The van der Waals surface area contributed by atoms with Crippen LogP contribution in [0.2, 0.25) is 0 Å². The SMILES string of the molecule is CC(C)Oc1ccc(CN2CCC(C)(CN)C2)cc1. The van der Waals surface area contributed by atoms with E-state index in [2.05, 4.69) is 36.1 Å². The zero-order valence-electron chi connectivity index (χ0n) is 12.4. The molecule has 0 amide bonds. The van der Waals surface area contributed by atoms with Crippen LogP contribution in [0.4, 0.5) is 0 Å². The first kappa shape index (κ1) is 14.4. The number of benzene rings is 1. The highest BCUT2D eigenvalue weighted by Crippen LogP contribution is 2.29. The summed E-state index contributed by atoms with van der Waals surface area (Å²) >= 11 is 0. The molecule has 1 aliphatic heterocycles. The van der Waals surface area contributed by atoms with Gasteiger partial charge in [-0.2, -0.15) is 0 Å². The molecule has 0 radical (unpaired) electrons. The molecule has 1 aromatic rings. The van der Waals surface area contributed by atoms with Crippen molar-refractivity contribution in [1.82, 2.24) is 4.90 Å². The zero-order valence-corrected chi connectivity index (χ0v) is 12.4. The molecule has 0 spiro atoms. The molecular formula is C16H26N2O. The van der Waals surface area contributed by atoms with Crippen molar-refractivity contribution < 1.29 is 4.74 Å². The Balaban J connectivity index is 1.90. The molecule has 2 rings (SSSR count). The van der Waals surface area contributed by atoms with Gasteiger partial charge in [0.1, 0.15) is 5.75 Å². The summed E-state index contributed by atoms with van der Waals surface area (Å²) in [5.41, 5.74) is 7.50. The Hall–Kier alpha value is -1.06. The molecule has 3 heteroatoms. The molecule has 2 N–H and O–H groups in total. The van der Waals surface area contributed by atoms with Gasteiger partial charge in [-0.25, -0.2) is 0 Å². The van der Waals surface area contributed by atoms with Gasteiger partial charge < -0.3 is 10.5 Å². The van der Waals surface area contributed by atoms with Gasteiger partial charge in [-0.3, -0.25) is 4.90 Å². The van der Waals surface area contributed by atoms with Gasteiger partial charge in [0.2, 0.25) is 0 Å². The molecule has 1 atom stereocenters. The van der Waals surface area contributed by atoms with Gasteiger partial charge in [0.05, 0.1) is 6.10 Å². The molecule has 1 aliphatic rings. The Bertz CT molecular complexity index is 402. The Morgan fingerprint density at radius 1 is 1.32 bits per heavy atom. The average Bonchev–Trinajstić information content (AvgIpc) is 2.74. The van der Waals surface area contributed by atoms with E-state index < -0.39 is 0 Å². The molecule has 0 aromatic heterocycles. The second-order valence-electron chi connectivity index (χ2n) is 6.29. The number of ether oxygens (including phenoxy) is 1. The number of hydrogen-bond acceptors (Lipinski definition) is 3. The number of nitrogens with two attached hydrogens (primary N) is 1. The molecule has 106 valence electrons. The minimum atomic E-state index is 0.231. The number of nitrogens with zero attached hydrogens (tertiary/aromatic N) is 1. The summed E-state index contributed by atoms with van der Waals surface area (Å²) in [6, 6.07) is 8.45. The zero-order chi connectivity index (χ0) is 13.9. The molecule has 1 aromatic carbocycles. The lowest BCUT2D eigenvalue weighted by atomic mass is 9.90. The summed E-state index contributed by atoms with van der Waals surface area (Å²) in [5.74, 6) is 0.951. The van der Waals surface area contributed by atoms with Gasteiger partial charge in [0, 0.05) is 13.1 Å². The quantitative estimate of drug-likeness (QED) is 0.886. The van der Waals surface area contributed by atoms with Crippen molar-refractivity contribution in [3.8, 4) is 5.75 Å². The van der Waals surface area contributed by atoms with Crippen LogP contribution >= 0.6 is 0 Å². The second-order valence-corrected chi connectivity index (χ2v) is 6.29. The second kappa shape index (κ2) is 5.93. The Labute approximate surface area is 116 Å². The molecule has 3 nitrogen and oxygen atoms in total. The summed E-state index contributed by atoms with van der Waals surface area (Å²) in [7, 11) is 0. The van der Waals surface area contributed by atoms with Crippen LogP contribution in [-0.4, -0.2) is 30.6 Å². The smallest absolute Gasteiger partial charge is 0.119 e. The fourth-order valence-corrected chi connectivity index (χ4v) is 2.63. The van der Waals surface area contributed by atoms with Crippen LogP contribution in [0.1, 0.15) is 32.8 Å². The first-order chi connectivity index (χ1) is 9.00. The van der Waals surface area contributed by atoms with Crippen LogP contribution in [0.25, 0.3) is 0 Å². The first-order valence-corrected chi connectivity index (χ1v) is 7.19. The molecule has 0 saturated carbocycles. The molecule has 0 bridgehead atoms. The highest BCUT2D eigenvalue weighted by atomic mass is 16.5. The van der Waals surface area contributed by atoms with E-state index in [1.165, 1.54) is 12.0 Å². The number of rotatable bonds is 5. The van der Waals surface area contributed by atoms with Crippen molar-refractivity contribution in [1.29, 1.82) is 0 Å². The van der Waals surface area contributed by atoms with Crippen LogP contribution in [0.15, 0.2) is 24.3 Å². The van der Waals surface area contributed by atoms with E-state index in [1.807, 2.05) is 13.8 Å². The van der Waals surface area contributed by atoms with Crippen LogP contribution < -0.4 is 10.5 Å². The third kappa shape index (κ3) is 3.95. The minimum Gasteiger partial charge on any atom is -0.491 e. The van der Waals surface area contributed by atoms with Crippen LogP contribution in [0, 0.1) is 5.41 Å². The van der Waals surface area contributed by atoms with Gasteiger partial charge in [0.15, 0.2) is 0 Å². The average molecular weight is 262 g/mol. The van der Waals surface area contributed by atoms with Gasteiger partial charge in [-0.05, 0) is 56.5 Å². The van der Waals surface area contributed by atoms with Crippen molar-refractivity contribution in [3.05, 3.63) is 29.8 Å². The lowest BCUT2D eigenvalue weighted by Gasteiger charge is -2.22. The third-order valence-electron chi connectivity index (χ3n) is 3.83. The third-order valence-corrected chi connectivity index (χ3v) is 3.83. The van der Waals surface area contributed by atoms with Gasteiger partial charge >= 0.3 is 0 Å². The molecular weight excluding hydrogens is 236 g/mol. The number of likely N-dealkylation sites (tertiary alicyclic amines) is 1. The maximum Gasteiger partial charge on any atom is 0.119 e. The van der Waals surface area contributed by atoms with Crippen molar-refractivity contribution in [2.24, 2.45) is 11.1 Å². The van der Waals surface area contributed by atoms with Gasteiger partial charge in [-0.15, -0.1) is 0 Å². The van der Waals surface area contributed by atoms with Gasteiger partial charge in [-0.1, -0.05) is 19.1 Å². The van der Waals surface area contributed by atoms with Gasteiger partial charge in [0.25, 0.3) is 0 Å². The van der Waals surface area contributed by atoms with Crippen molar-refractivity contribution in [2.75, 3.05) is 19.6 Å². The maximum atomic E-state index is 5.85. The van der Waals surface area contributed by atoms with Crippen molar-refractivity contribution in [2.45, 2.75) is 39.8 Å². The fraction of sp³-hybridized carbons (Fsp3) is 0.625. The Morgan fingerprint density at radius 3 is 2.53 bits per heavy atom. The Kier molecular flexibility index (Phi) is 4.48. The predicted molar refractivity (Wildman–Crippen MR) is 79.3 cm³/mol. The number of hydrogen-bond donors (Lipinski definition) is 1. The first-order valence-electron chi connectivity index (χ1n) is 7.19. The highest BCUT2D eigenvalue weighted by molar-refractivity contribution is 5.27. The predicted octanol–water partition coefficient (Wildman–Crippen LogP) is 2.64. The minimum absolute atomic E-state index is 0.231. The largest absolute Gasteiger partial charge is 0.491 e. The lowest BCUT2D eigenvalue weighted by molar-refractivity contribution is 0.242. The van der Waals surface area contributed by atoms with Crippen LogP contribution in [-0.2, 0) is 6.54 Å². The summed E-state index contributed by atoms with van der Waals surface area (Å²) in [6.07, 6.45) is 1.44. The molecule has 1 saturated heterocycles. The standard InChI is InChI=1S/C16H26N2O/c1-13(2)19-15-6-4-14(5-7-15)10-18-9-8-16(3,11-17)12-18/h4-7,13H,8-12,17H2,1-3H3. The van der Waals surface area contributed by atoms with Crippen molar-refractivity contribution in [3.63, 3.8) is 0 Å². The molecule has 1 heterocycles. The maximum absolute atomic E-state index is 5.85. The molecule has 1 fully saturated rings. The summed E-state index contributed by atoms with van der Waals surface area (Å²) in [6.45, 7) is 10.4. The Morgan fingerprint density at radius 2 is 2.00 bits per heavy atom. The van der Waals surface area contributed by atoms with E-state index in [0.717, 1.165) is 31.9 Å². The molecule has 1 unspecified atom stereocenters. The van der Waals surface area contributed by atoms with E-state index in [1.54, 1.807) is 0 Å². The van der Waals surface area contributed by atoms with E-state index >= 15 is 0 Å². The molecule has 0 aliphatic carbocycles. The van der Waals surface area contributed by atoms with E-state index in [-0.39, 0.29) is 6.10 Å². The highest BCUT2D eigenvalue weighted by Gasteiger charge is 2.32. The normalized spacial score (nSPS) is 24.1.